The summed E-state index contributed by atoms with van der Waals surface area (Å²) in [6, 6.07) is 3.97. The molecule has 2 nitrogen and oxygen atoms in total. The lowest BCUT2D eigenvalue weighted by atomic mass is 9.93. The van der Waals surface area contributed by atoms with Crippen LogP contribution < -0.4 is 5.73 Å². The Hall–Kier alpha value is -1.05. The molecule has 0 radical (unpaired) electrons. The van der Waals surface area contributed by atoms with E-state index < -0.39 is 0 Å². The predicted octanol–water partition coefficient (Wildman–Crippen LogP) is 2.96. The van der Waals surface area contributed by atoms with Crippen LogP contribution in [0, 0.1) is 0 Å². The maximum atomic E-state index is 5.53. The van der Waals surface area contributed by atoms with Crippen molar-refractivity contribution in [3.05, 3.63) is 23.9 Å². The molecule has 0 aromatic carbocycles. The molecule has 0 aliphatic carbocycles. The fraction of sp³-hybridized carbons (Fsp3) is 0.545. The number of hydrogen-bond acceptors (Lipinski definition) is 2. The fourth-order valence-corrected chi connectivity index (χ4v) is 1.61. The molecule has 1 aromatic heterocycles. The summed E-state index contributed by atoms with van der Waals surface area (Å²) in [5.41, 5.74) is 6.85. The zero-order valence-electron chi connectivity index (χ0n) is 8.46. The summed E-state index contributed by atoms with van der Waals surface area (Å²) in [4.78, 5) is 4.11. The number of pyridine rings is 1. The quantitative estimate of drug-likeness (QED) is 0.769. The molecule has 0 saturated heterocycles. The highest BCUT2D eigenvalue weighted by Gasteiger charge is 2.07. The summed E-state index contributed by atoms with van der Waals surface area (Å²) in [6.45, 7) is 4.43. The van der Waals surface area contributed by atoms with Crippen molar-refractivity contribution in [2.24, 2.45) is 0 Å². The Bertz CT molecular complexity index is 241. The topological polar surface area (TPSA) is 38.9 Å². The van der Waals surface area contributed by atoms with Crippen LogP contribution in [0.2, 0.25) is 0 Å². The van der Waals surface area contributed by atoms with Crippen LogP contribution in [0.4, 0.5) is 5.82 Å². The van der Waals surface area contributed by atoms with E-state index in [9.17, 15) is 0 Å². The summed E-state index contributed by atoms with van der Waals surface area (Å²) < 4.78 is 0. The highest BCUT2D eigenvalue weighted by Crippen LogP contribution is 2.23. The zero-order chi connectivity index (χ0) is 9.68. The average Bonchev–Trinajstić information content (AvgIpc) is 2.16. The lowest BCUT2D eigenvalue weighted by Crippen LogP contribution is -1.98. The predicted molar refractivity (Wildman–Crippen MR) is 56.6 cm³/mol. The molecule has 0 fully saturated rings. The van der Waals surface area contributed by atoms with Crippen molar-refractivity contribution in [2.45, 2.75) is 39.0 Å². The van der Waals surface area contributed by atoms with Crippen LogP contribution in [0.25, 0.3) is 0 Å². The molecule has 0 spiro atoms. The van der Waals surface area contributed by atoms with Gasteiger partial charge in [0.05, 0.1) is 0 Å². The highest BCUT2D eigenvalue weighted by atomic mass is 14.8. The maximum Gasteiger partial charge on any atom is 0.123 e. The standard InChI is InChI=1S/C11H18N2/c1-3-5-9(4-2)10-6-7-11(12)13-8-10/h6-9H,3-5H2,1-2H3,(H2,12,13). The van der Waals surface area contributed by atoms with Gasteiger partial charge in [-0.05, 0) is 30.4 Å². The molecule has 72 valence electrons. The average molecular weight is 178 g/mol. The van der Waals surface area contributed by atoms with Gasteiger partial charge in [0.15, 0.2) is 0 Å². The number of nitrogen functional groups attached to an aromatic ring is 1. The van der Waals surface area contributed by atoms with Crippen molar-refractivity contribution in [1.82, 2.24) is 4.98 Å². The van der Waals surface area contributed by atoms with Gasteiger partial charge in [-0.15, -0.1) is 0 Å². The largest absolute Gasteiger partial charge is 0.384 e. The van der Waals surface area contributed by atoms with E-state index in [4.69, 9.17) is 5.73 Å². The van der Waals surface area contributed by atoms with E-state index in [-0.39, 0.29) is 0 Å². The molecule has 1 unspecified atom stereocenters. The molecule has 1 atom stereocenters. The van der Waals surface area contributed by atoms with Gasteiger partial charge in [0.1, 0.15) is 5.82 Å². The smallest absolute Gasteiger partial charge is 0.123 e. The minimum Gasteiger partial charge on any atom is -0.384 e. The van der Waals surface area contributed by atoms with Crippen molar-refractivity contribution in [3.63, 3.8) is 0 Å². The van der Waals surface area contributed by atoms with E-state index in [0.29, 0.717) is 11.7 Å². The Morgan fingerprint density at radius 2 is 2.15 bits per heavy atom. The molecule has 13 heavy (non-hydrogen) atoms. The van der Waals surface area contributed by atoms with Gasteiger partial charge >= 0.3 is 0 Å². The van der Waals surface area contributed by atoms with Crippen LogP contribution in [0.1, 0.15) is 44.6 Å². The molecular weight excluding hydrogens is 160 g/mol. The highest BCUT2D eigenvalue weighted by molar-refractivity contribution is 5.30. The first kappa shape index (κ1) is 10.0. The van der Waals surface area contributed by atoms with Crippen molar-refractivity contribution < 1.29 is 0 Å². The van der Waals surface area contributed by atoms with Crippen LogP contribution in [0.3, 0.4) is 0 Å². The van der Waals surface area contributed by atoms with Crippen molar-refractivity contribution in [3.8, 4) is 0 Å². The third kappa shape index (κ3) is 2.72. The van der Waals surface area contributed by atoms with Crippen LogP contribution in [-0.2, 0) is 0 Å². The Balaban J connectivity index is 2.73. The third-order valence-corrected chi connectivity index (χ3v) is 2.41. The molecule has 0 bridgehead atoms. The molecule has 1 heterocycles. The Kier molecular flexibility index (Phi) is 3.74. The van der Waals surface area contributed by atoms with Gasteiger partial charge in [-0.25, -0.2) is 4.98 Å². The second-order valence-corrected chi connectivity index (χ2v) is 3.41. The molecule has 2 N–H and O–H groups in total. The summed E-state index contributed by atoms with van der Waals surface area (Å²) in [5.74, 6) is 1.26. The zero-order valence-corrected chi connectivity index (χ0v) is 8.46. The molecule has 0 aliphatic rings. The van der Waals surface area contributed by atoms with Crippen LogP contribution >= 0.6 is 0 Å². The first-order valence-electron chi connectivity index (χ1n) is 4.99. The van der Waals surface area contributed by atoms with Gasteiger partial charge in [-0.1, -0.05) is 26.3 Å². The second kappa shape index (κ2) is 4.85. The number of nitrogens with zero attached hydrogens (tertiary/aromatic N) is 1. The minimum atomic E-state index is 0.607. The lowest BCUT2D eigenvalue weighted by Gasteiger charge is -2.13. The lowest BCUT2D eigenvalue weighted by molar-refractivity contribution is 0.594. The molecule has 0 saturated carbocycles. The van der Waals surface area contributed by atoms with E-state index in [1.165, 1.54) is 24.8 Å². The van der Waals surface area contributed by atoms with Gasteiger partial charge in [0.2, 0.25) is 0 Å². The Morgan fingerprint density at radius 3 is 2.62 bits per heavy atom. The SMILES string of the molecule is CCCC(CC)c1ccc(N)nc1. The van der Waals surface area contributed by atoms with Crippen LogP contribution in [-0.4, -0.2) is 4.98 Å². The van der Waals surface area contributed by atoms with Gasteiger partial charge in [-0.3, -0.25) is 0 Å². The molecule has 0 amide bonds. The molecular formula is C11H18N2. The van der Waals surface area contributed by atoms with E-state index in [1.807, 2.05) is 12.3 Å². The summed E-state index contributed by atoms with van der Waals surface area (Å²) >= 11 is 0. The molecule has 1 aromatic rings. The minimum absolute atomic E-state index is 0.607. The van der Waals surface area contributed by atoms with E-state index >= 15 is 0 Å². The van der Waals surface area contributed by atoms with Crippen molar-refractivity contribution in [2.75, 3.05) is 5.73 Å². The summed E-state index contributed by atoms with van der Waals surface area (Å²) in [7, 11) is 0. The Morgan fingerprint density at radius 1 is 1.38 bits per heavy atom. The number of aromatic nitrogens is 1. The number of rotatable bonds is 4. The Labute approximate surface area is 80.2 Å². The monoisotopic (exact) mass is 178 g/mol. The number of hydrogen-bond donors (Lipinski definition) is 1. The first-order valence-corrected chi connectivity index (χ1v) is 4.99. The summed E-state index contributed by atoms with van der Waals surface area (Å²) in [5, 5.41) is 0. The van der Waals surface area contributed by atoms with E-state index in [0.717, 1.165) is 0 Å². The van der Waals surface area contributed by atoms with E-state index in [2.05, 4.69) is 24.9 Å². The fourth-order valence-electron chi connectivity index (χ4n) is 1.61. The number of anilines is 1. The van der Waals surface area contributed by atoms with Gasteiger partial charge in [0, 0.05) is 6.20 Å². The van der Waals surface area contributed by atoms with Crippen molar-refractivity contribution in [1.29, 1.82) is 0 Å². The first-order chi connectivity index (χ1) is 6.27. The molecule has 1 rings (SSSR count). The van der Waals surface area contributed by atoms with E-state index in [1.54, 1.807) is 0 Å². The van der Waals surface area contributed by atoms with Gasteiger partial charge in [0.25, 0.3) is 0 Å². The van der Waals surface area contributed by atoms with Gasteiger partial charge in [-0.2, -0.15) is 0 Å². The maximum absolute atomic E-state index is 5.53. The third-order valence-electron chi connectivity index (χ3n) is 2.41. The van der Waals surface area contributed by atoms with Crippen LogP contribution in [0.5, 0.6) is 0 Å². The van der Waals surface area contributed by atoms with Crippen molar-refractivity contribution >= 4 is 5.82 Å². The molecule has 2 heteroatoms. The number of nitrogens with two attached hydrogens (primary N) is 1. The summed E-state index contributed by atoms with van der Waals surface area (Å²) in [6.07, 6.45) is 5.55. The van der Waals surface area contributed by atoms with Crippen LogP contribution in [0.15, 0.2) is 18.3 Å². The normalized spacial score (nSPS) is 12.8. The molecule has 0 aliphatic heterocycles. The second-order valence-electron chi connectivity index (χ2n) is 3.41. The van der Waals surface area contributed by atoms with Gasteiger partial charge < -0.3 is 5.73 Å².